The van der Waals surface area contributed by atoms with Crippen LogP contribution in [0.4, 0.5) is 10.3 Å². The smallest absolute Gasteiger partial charge is 0.294 e. The van der Waals surface area contributed by atoms with E-state index in [2.05, 4.69) is 16.7 Å². The third kappa shape index (κ3) is 2.97. The molecule has 2 aromatic heterocycles. The van der Waals surface area contributed by atoms with Gasteiger partial charge in [-0.05, 0) is 26.8 Å². The van der Waals surface area contributed by atoms with Crippen molar-refractivity contribution in [3.63, 3.8) is 0 Å². The largest absolute Gasteiger partial charge is 0.332 e. The van der Waals surface area contributed by atoms with Crippen molar-refractivity contribution < 1.29 is 4.39 Å². The molecular weight excluding hydrogens is 387 g/mol. The second-order valence-corrected chi connectivity index (χ2v) is 7.71. The van der Waals surface area contributed by atoms with Gasteiger partial charge in [-0.2, -0.15) is 10.1 Å². The van der Waals surface area contributed by atoms with Gasteiger partial charge in [0.05, 0.1) is 24.8 Å². The van der Waals surface area contributed by atoms with E-state index in [4.69, 9.17) is 0 Å². The van der Waals surface area contributed by atoms with E-state index in [1.807, 2.05) is 13.8 Å². The summed E-state index contributed by atoms with van der Waals surface area (Å²) >= 11 is 0. The Morgan fingerprint density at radius 1 is 1.27 bits per heavy atom. The Morgan fingerprint density at radius 2 is 1.97 bits per heavy atom. The molecule has 0 saturated heterocycles. The van der Waals surface area contributed by atoms with E-state index >= 15 is 0 Å². The van der Waals surface area contributed by atoms with Crippen LogP contribution in [0.25, 0.3) is 11.2 Å². The zero-order valence-electron chi connectivity index (χ0n) is 17.4. The quantitative estimate of drug-likeness (QED) is 0.620. The van der Waals surface area contributed by atoms with Gasteiger partial charge in [-0.25, -0.2) is 14.2 Å². The van der Waals surface area contributed by atoms with E-state index in [-0.39, 0.29) is 30.6 Å². The number of aromatic nitrogens is 4. The topological polar surface area (TPSA) is 77.4 Å². The van der Waals surface area contributed by atoms with Crippen LogP contribution in [0, 0.1) is 5.82 Å². The minimum atomic E-state index is -0.461. The molecule has 0 saturated carbocycles. The number of imidazole rings is 1. The molecule has 9 heteroatoms. The summed E-state index contributed by atoms with van der Waals surface area (Å²) in [6.45, 7) is 9.62. The monoisotopic (exact) mass is 410 g/mol. The molecule has 0 N–H and O–H groups in total. The van der Waals surface area contributed by atoms with Gasteiger partial charge in [0.25, 0.3) is 5.56 Å². The highest BCUT2D eigenvalue weighted by atomic mass is 19.1. The van der Waals surface area contributed by atoms with Gasteiger partial charge in [0.2, 0.25) is 5.95 Å². The molecule has 0 bridgehead atoms. The summed E-state index contributed by atoms with van der Waals surface area (Å²) in [6.07, 6.45) is 0. The van der Waals surface area contributed by atoms with Crippen molar-refractivity contribution in [1.29, 1.82) is 0 Å². The van der Waals surface area contributed by atoms with Crippen LogP contribution in [0.15, 0.2) is 51.1 Å². The zero-order valence-corrected chi connectivity index (χ0v) is 17.4. The lowest BCUT2D eigenvalue weighted by molar-refractivity contribution is 0.591. The van der Waals surface area contributed by atoms with Crippen LogP contribution in [0.5, 0.6) is 0 Å². The number of aryl methyl sites for hydroxylation is 1. The van der Waals surface area contributed by atoms with Crippen molar-refractivity contribution in [3.05, 3.63) is 68.6 Å². The minimum Gasteiger partial charge on any atom is -0.294 e. The molecule has 8 nitrogen and oxygen atoms in total. The zero-order chi connectivity index (χ0) is 21.7. The first kappa shape index (κ1) is 19.8. The average molecular weight is 410 g/mol. The van der Waals surface area contributed by atoms with Gasteiger partial charge >= 0.3 is 5.69 Å². The fourth-order valence-corrected chi connectivity index (χ4v) is 3.69. The summed E-state index contributed by atoms with van der Waals surface area (Å²) in [5, 5.41) is 6.15. The molecule has 0 spiro atoms. The number of fused-ring (bicyclic) bond motifs is 3. The second-order valence-electron chi connectivity index (χ2n) is 7.71. The number of nitrogens with zero attached hydrogens (tertiary/aromatic N) is 6. The molecular formula is C21H23FN6O2. The maximum atomic E-state index is 14.2. The fourth-order valence-electron chi connectivity index (χ4n) is 3.69. The van der Waals surface area contributed by atoms with Crippen molar-refractivity contribution in [1.82, 2.24) is 18.7 Å². The van der Waals surface area contributed by atoms with Crippen molar-refractivity contribution >= 4 is 22.8 Å². The molecule has 0 fully saturated rings. The predicted molar refractivity (Wildman–Crippen MR) is 114 cm³/mol. The van der Waals surface area contributed by atoms with Crippen LogP contribution in [0.1, 0.15) is 32.4 Å². The Labute approximate surface area is 172 Å². The first-order valence-corrected chi connectivity index (χ1v) is 9.63. The summed E-state index contributed by atoms with van der Waals surface area (Å²) in [7, 11) is 1.58. The molecule has 0 radical (unpaired) electrons. The van der Waals surface area contributed by atoms with Gasteiger partial charge in [0.15, 0.2) is 11.2 Å². The van der Waals surface area contributed by atoms with Crippen LogP contribution in [-0.4, -0.2) is 24.4 Å². The summed E-state index contributed by atoms with van der Waals surface area (Å²) in [5.74, 6) is 0.0504. The van der Waals surface area contributed by atoms with Crippen molar-refractivity contribution in [2.24, 2.45) is 12.1 Å². The van der Waals surface area contributed by atoms with Gasteiger partial charge in [-0.1, -0.05) is 30.4 Å². The Hall–Kier alpha value is -3.49. The molecule has 0 amide bonds. The number of hydrazone groups is 1. The van der Waals surface area contributed by atoms with E-state index in [0.29, 0.717) is 22.6 Å². The van der Waals surface area contributed by atoms with E-state index in [1.165, 1.54) is 10.6 Å². The van der Waals surface area contributed by atoms with Gasteiger partial charge in [0.1, 0.15) is 5.82 Å². The number of halogens is 1. The lowest BCUT2D eigenvalue weighted by atomic mass is 10.2. The summed E-state index contributed by atoms with van der Waals surface area (Å²) in [5.41, 5.74) is 1.59. The lowest BCUT2D eigenvalue weighted by Crippen LogP contribution is -2.40. The Balaban J connectivity index is 1.98. The van der Waals surface area contributed by atoms with Crippen molar-refractivity contribution in [2.45, 2.75) is 39.9 Å². The Morgan fingerprint density at radius 3 is 2.63 bits per heavy atom. The highest BCUT2D eigenvalue weighted by Crippen LogP contribution is 2.31. The van der Waals surface area contributed by atoms with E-state index in [1.54, 1.807) is 41.7 Å². The SMILES string of the molecule is C=C(C)Cn1c(=O)c2c(nc3n2C(C)C(C)=NN3Cc2ccccc2F)n(C)c1=O. The number of benzene rings is 1. The Kier molecular flexibility index (Phi) is 4.68. The van der Waals surface area contributed by atoms with Crippen LogP contribution in [0.2, 0.25) is 0 Å². The number of allylic oxidation sites excluding steroid dienone is 1. The molecule has 4 rings (SSSR count). The number of hydrogen-bond acceptors (Lipinski definition) is 5. The van der Waals surface area contributed by atoms with Crippen LogP contribution >= 0.6 is 0 Å². The number of anilines is 1. The molecule has 1 unspecified atom stereocenters. The van der Waals surface area contributed by atoms with E-state index < -0.39 is 11.2 Å². The first-order chi connectivity index (χ1) is 14.2. The summed E-state index contributed by atoms with van der Waals surface area (Å²) in [4.78, 5) is 30.6. The Bertz CT molecular complexity index is 1330. The molecule has 1 aliphatic heterocycles. The normalized spacial score (nSPS) is 16.0. The van der Waals surface area contributed by atoms with Crippen LogP contribution < -0.4 is 16.3 Å². The summed E-state index contributed by atoms with van der Waals surface area (Å²) in [6, 6.07) is 6.21. The molecule has 156 valence electrons. The predicted octanol–water partition coefficient (Wildman–Crippen LogP) is 2.57. The van der Waals surface area contributed by atoms with Crippen molar-refractivity contribution in [3.8, 4) is 0 Å². The maximum Gasteiger partial charge on any atom is 0.332 e. The van der Waals surface area contributed by atoms with Gasteiger partial charge in [-0.15, -0.1) is 0 Å². The first-order valence-electron chi connectivity index (χ1n) is 9.63. The minimum absolute atomic E-state index is 0.127. The van der Waals surface area contributed by atoms with Gasteiger partial charge in [0, 0.05) is 12.6 Å². The van der Waals surface area contributed by atoms with Crippen LogP contribution in [0.3, 0.4) is 0 Å². The van der Waals surface area contributed by atoms with Crippen LogP contribution in [-0.2, 0) is 20.1 Å². The molecule has 1 atom stereocenters. The number of hydrogen-bond donors (Lipinski definition) is 0. The molecule has 1 aliphatic rings. The molecule has 3 aromatic rings. The number of rotatable bonds is 4. The van der Waals surface area contributed by atoms with Gasteiger partial charge in [-0.3, -0.25) is 18.5 Å². The maximum absolute atomic E-state index is 14.2. The highest BCUT2D eigenvalue weighted by molar-refractivity contribution is 5.91. The molecule has 3 heterocycles. The summed E-state index contributed by atoms with van der Waals surface area (Å²) < 4.78 is 18.5. The fraction of sp³-hybridized carbons (Fsp3) is 0.333. The van der Waals surface area contributed by atoms with E-state index in [0.717, 1.165) is 10.3 Å². The third-order valence-corrected chi connectivity index (χ3v) is 5.36. The van der Waals surface area contributed by atoms with Gasteiger partial charge < -0.3 is 0 Å². The second kappa shape index (κ2) is 7.08. The molecule has 0 aliphatic carbocycles. The van der Waals surface area contributed by atoms with E-state index in [9.17, 15) is 14.0 Å². The van der Waals surface area contributed by atoms with Crippen molar-refractivity contribution in [2.75, 3.05) is 5.01 Å². The lowest BCUT2D eigenvalue weighted by Gasteiger charge is -2.29. The average Bonchev–Trinajstić information content (AvgIpc) is 3.10. The highest BCUT2D eigenvalue weighted by Gasteiger charge is 2.31. The third-order valence-electron chi connectivity index (χ3n) is 5.36. The standard InChI is InChI=1S/C21H23FN6O2/c1-12(2)10-26-19(29)17-18(25(5)21(26)30)23-20-27(24-13(3)14(4)28(17)20)11-15-8-6-7-9-16(15)22/h6-9,14H,1,10-11H2,2-5H3. The molecule has 30 heavy (non-hydrogen) atoms. The molecule has 1 aromatic carbocycles.